The van der Waals surface area contributed by atoms with E-state index < -0.39 is 0 Å². The maximum Gasteiger partial charge on any atom is 0.0972 e. The van der Waals surface area contributed by atoms with Crippen molar-refractivity contribution in [3.63, 3.8) is 0 Å². The molecule has 2 nitrogen and oxygen atoms in total. The van der Waals surface area contributed by atoms with E-state index in [-0.39, 0.29) is 0 Å². The zero-order chi connectivity index (χ0) is 40.7. The second-order valence-corrected chi connectivity index (χ2v) is 16.4. The molecule has 0 atom stereocenters. The number of nitrogens with zero attached hydrogens (tertiary/aromatic N) is 2. The fourth-order valence-corrected chi connectivity index (χ4v) is 10.3. The third kappa shape index (κ3) is 5.23. The third-order valence-electron chi connectivity index (χ3n) is 13.0. The summed E-state index contributed by atoms with van der Waals surface area (Å²) in [4.78, 5) is 10.2. The van der Waals surface area contributed by atoms with Gasteiger partial charge in [0.2, 0.25) is 0 Å². The molecule has 0 unspecified atom stereocenters. The molecule has 286 valence electrons. The van der Waals surface area contributed by atoms with Crippen molar-refractivity contribution in [3.05, 3.63) is 219 Å². The number of benzene rings is 11. The first-order valence-electron chi connectivity index (χ1n) is 21.3. The Kier molecular flexibility index (Phi) is 7.64. The van der Waals surface area contributed by atoms with Crippen molar-refractivity contribution in [2.75, 3.05) is 0 Å². The van der Waals surface area contributed by atoms with Gasteiger partial charge in [-0.2, -0.15) is 0 Å². The molecule has 1 aromatic heterocycles. The molecule has 0 aliphatic carbocycles. The molecule has 1 heterocycles. The normalized spacial score (nSPS) is 11.9. The Hall–Kier alpha value is -8.20. The molecule has 62 heavy (non-hydrogen) atoms. The lowest BCUT2D eigenvalue weighted by atomic mass is 9.84. The summed E-state index contributed by atoms with van der Waals surface area (Å²) in [5.41, 5.74) is 10.6. The van der Waals surface area contributed by atoms with Gasteiger partial charge in [-0.3, -0.25) is 4.98 Å². The van der Waals surface area contributed by atoms with Crippen molar-refractivity contribution in [1.29, 1.82) is 0 Å². The minimum atomic E-state index is 0.845. The van der Waals surface area contributed by atoms with Gasteiger partial charge in [-0.05, 0) is 104 Å². The van der Waals surface area contributed by atoms with E-state index in [9.17, 15) is 0 Å². The van der Waals surface area contributed by atoms with Gasteiger partial charge in [0.05, 0.1) is 23.3 Å². The first-order valence-corrected chi connectivity index (χ1v) is 21.3. The van der Waals surface area contributed by atoms with E-state index in [1.54, 1.807) is 0 Å². The maximum atomic E-state index is 5.23. The summed E-state index contributed by atoms with van der Waals surface area (Å²) in [6, 6.07) is 77.4. The molecule has 13 rings (SSSR count). The third-order valence-corrected chi connectivity index (χ3v) is 13.0. The van der Waals surface area contributed by atoms with Crippen LogP contribution in [0.5, 0.6) is 0 Å². The van der Waals surface area contributed by atoms with Crippen LogP contribution in [0, 0.1) is 0 Å². The van der Waals surface area contributed by atoms with Crippen molar-refractivity contribution in [3.8, 4) is 56.0 Å². The Morgan fingerprint density at radius 2 is 0.726 bits per heavy atom. The molecule has 0 aliphatic heterocycles. The van der Waals surface area contributed by atoms with Crippen molar-refractivity contribution in [2.24, 2.45) is 0 Å². The van der Waals surface area contributed by atoms with Gasteiger partial charge in [0, 0.05) is 16.7 Å². The molecule has 0 fully saturated rings. The molecule has 12 aromatic carbocycles. The number of rotatable bonds is 5. The Morgan fingerprint density at radius 1 is 0.258 bits per heavy atom. The lowest BCUT2D eigenvalue weighted by molar-refractivity contribution is 1.21. The summed E-state index contributed by atoms with van der Waals surface area (Å²) in [6.07, 6.45) is 1.90. The van der Waals surface area contributed by atoms with E-state index in [0.717, 1.165) is 39.3 Å². The van der Waals surface area contributed by atoms with Crippen LogP contribution in [0.1, 0.15) is 0 Å². The predicted octanol–water partition coefficient (Wildman–Crippen LogP) is 16.3. The molecular weight excluding hydrogens is 749 g/mol. The first kappa shape index (κ1) is 34.6. The van der Waals surface area contributed by atoms with Gasteiger partial charge in [-0.25, -0.2) is 4.98 Å². The zero-order valence-corrected chi connectivity index (χ0v) is 33.7. The fraction of sp³-hybridized carbons (Fsp3) is 0. The highest BCUT2D eigenvalue weighted by molar-refractivity contribution is 6.38. The number of hydrogen-bond acceptors (Lipinski definition) is 2. The predicted molar refractivity (Wildman–Crippen MR) is 263 cm³/mol. The summed E-state index contributed by atoms with van der Waals surface area (Å²) in [5.74, 6) is 0. The first-order chi connectivity index (χ1) is 30.8. The lowest BCUT2D eigenvalue weighted by Gasteiger charge is -2.19. The molecule has 0 N–H and O–H groups in total. The SMILES string of the molecule is c1ccc(-c2ncc(-c3ccc(-c4ccc(-c5cc6cccc7c8cccc9ccc%10cccc(c%11cccc5c%11c67)c%10c98)c5ccccc45)cc3)nc2-c2ccccc2)cc1. The van der Waals surface area contributed by atoms with E-state index in [1.165, 1.54) is 92.1 Å². The van der Waals surface area contributed by atoms with Crippen LogP contribution < -0.4 is 0 Å². The largest absolute Gasteiger partial charge is 0.252 e. The summed E-state index contributed by atoms with van der Waals surface area (Å²) in [6.45, 7) is 0. The molecule has 2 heteroatoms. The van der Waals surface area contributed by atoms with Crippen molar-refractivity contribution in [2.45, 2.75) is 0 Å². The average molecular weight is 785 g/mol. The summed E-state index contributed by atoms with van der Waals surface area (Å²) < 4.78 is 0. The van der Waals surface area contributed by atoms with E-state index in [2.05, 4.69) is 188 Å². The van der Waals surface area contributed by atoms with Crippen molar-refractivity contribution < 1.29 is 0 Å². The Labute approximate surface area is 358 Å². The molecule has 0 spiro atoms. The quantitative estimate of drug-likeness (QED) is 0.162. The number of hydrogen-bond donors (Lipinski definition) is 0. The Morgan fingerprint density at radius 3 is 1.37 bits per heavy atom. The Balaban J connectivity index is 0.982. The van der Waals surface area contributed by atoms with Crippen molar-refractivity contribution >= 4 is 75.4 Å². The zero-order valence-electron chi connectivity index (χ0n) is 33.7. The highest BCUT2D eigenvalue weighted by Crippen LogP contribution is 2.47. The highest BCUT2D eigenvalue weighted by atomic mass is 14.8. The van der Waals surface area contributed by atoms with Crippen molar-refractivity contribution in [1.82, 2.24) is 9.97 Å². The van der Waals surface area contributed by atoms with E-state index in [0.29, 0.717) is 0 Å². The van der Waals surface area contributed by atoms with Crippen LogP contribution in [-0.4, -0.2) is 9.97 Å². The van der Waals surface area contributed by atoms with Gasteiger partial charge in [0.1, 0.15) is 0 Å². The van der Waals surface area contributed by atoms with Gasteiger partial charge >= 0.3 is 0 Å². The monoisotopic (exact) mass is 784 g/mol. The van der Waals surface area contributed by atoms with Crippen LogP contribution in [0.2, 0.25) is 0 Å². The summed E-state index contributed by atoms with van der Waals surface area (Å²) in [5, 5.41) is 18.0. The minimum absolute atomic E-state index is 0.845. The highest BCUT2D eigenvalue weighted by Gasteiger charge is 2.20. The summed E-state index contributed by atoms with van der Waals surface area (Å²) >= 11 is 0. The maximum absolute atomic E-state index is 5.23. The van der Waals surface area contributed by atoms with Crippen LogP contribution in [0.4, 0.5) is 0 Å². The second kappa shape index (κ2) is 13.7. The minimum Gasteiger partial charge on any atom is -0.252 e. The number of aromatic nitrogens is 2. The smallest absolute Gasteiger partial charge is 0.0972 e. The van der Waals surface area contributed by atoms with Crippen LogP contribution in [-0.2, 0) is 0 Å². The van der Waals surface area contributed by atoms with Gasteiger partial charge in [-0.15, -0.1) is 0 Å². The van der Waals surface area contributed by atoms with Crippen LogP contribution in [0.3, 0.4) is 0 Å². The van der Waals surface area contributed by atoms with E-state index >= 15 is 0 Å². The second-order valence-electron chi connectivity index (χ2n) is 16.4. The molecule has 0 bridgehead atoms. The molecule has 0 saturated carbocycles. The molecule has 13 aromatic rings. The molecule has 0 saturated heterocycles. The van der Waals surface area contributed by atoms with E-state index in [4.69, 9.17) is 9.97 Å². The Bertz CT molecular complexity index is 3890. The van der Waals surface area contributed by atoms with Crippen LogP contribution in [0.15, 0.2) is 219 Å². The molecule has 0 aliphatic rings. The standard InChI is InChI=1S/C60H36N2/c1-3-13-41(14-4-1)59-60(42-15-5-2-6-16-42)62-54(36-61-59)38-29-27-37(28-30-38)44-33-34-47(46-21-8-7-20-45(44)46)53-35-43-19-11-24-49-48-22-9-17-39-31-32-40-18-10-23-50(56(40)55(39)48)51-25-12-26-52(53)58(51)57(43)49/h1-36H. The summed E-state index contributed by atoms with van der Waals surface area (Å²) in [7, 11) is 0. The fourth-order valence-electron chi connectivity index (χ4n) is 10.3. The lowest BCUT2D eigenvalue weighted by Crippen LogP contribution is -1.96. The molecular formula is C60H36N2. The molecule has 0 amide bonds. The van der Waals surface area contributed by atoms with Crippen LogP contribution >= 0.6 is 0 Å². The van der Waals surface area contributed by atoms with Gasteiger partial charge < -0.3 is 0 Å². The van der Waals surface area contributed by atoms with Gasteiger partial charge in [0.25, 0.3) is 0 Å². The average Bonchev–Trinajstić information content (AvgIpc) is 3.35. The topological polar surface area (TPSA) is 25.8 Å². The molecule has 0 radical (unpaired) electrons. The van der Waals surface area contributed by atoms with Gasteiger partial charge in [0.15, 0.2) is 0 Å². The van der Waals surface area contributed by atoms with E-state index in [1.807, 2.05) is 30.5 Å². The van der Waals surface area contributed by atoms with Gasteiger partial charge in [-0.1, -0.05) is 206 Å². The van der Waals surface area contributed by atoms with Crippen LogP contribution in [0.25, 0.3) is 131 Å². The number of fused-ring (bicyclic) bond motifs is 3.